The monoisotopic (exact) mass is 470 g/mol. The zero-order valence-corrected chi connectivity index (χ0v) is 18.3. The molecule has 10 heteroatoms. The number of carbonyl (C=O) groups excluding carboxylic acids is 1. The Morgan fingerprint density at radius 1 is 1.15 bits per heavy atom. The van der Waals surface area contributed by atoms with Gasteiger partial charge in [-0.2, -0.15) is 4.72 Å². The number of nitrogens with zero attached hydrogens (tertiary/aromatic N) is 2. The molecule has 3 aromatic rings. The van der Waals surface area contributed by atoms with Crippen molar-refractivity contribution in [1.82, 2.24) is 14.7 Å². The largest absolute Gasteiger partial charge is 0.369 e. The van der Waals surface area contributed by atoms with E-state index in [0.717, 1.165) is 6.07 Å². The van der Waals surface area contributed by atoms with Crippen LogP contribution in [0.15, 0.2) is 78.0 Å². The SMILES string of the molecule is CC(c1ccc(F)cc1F)C1(NS(=O)(=O)c2cccc3nccnc23)C=CC=CC1C(N)=O. The van der Waals surface area contributed by atoms with Crippen molar-refractivity contribution in [3.05, 3.63) is 90.3 Å². The first-order valence-electron chi connectivity index (χ1n) is 10.00. The lowest BCUT2D eigenvalue weighted by molar-refractivity contribution is -0.122. The maximum atomic E-state index is 14.7. The van der Waals surface area contributed by atoms with Crippen molar-refractivity contribution in [2.24, 2.45) is 11.7 Å². The number of halogens is 2. The number of allylic oxidation sites excluding steroid dienone is 2. The molecule has 1 aliphatic carbocycles. The summed E-state index contributed by atoms with van der Waals surface area (Å²) in [5.41, 5.74) is 4.46. The number of benzene rings is 2. The summed E-state index contributed by atoms with van der Waals surface area (Å²) in [6.07, 6.45) is 8.81. The summed E-state index contributed by atoms with van der Waals surface area (Å²) in [7, 11) is -4.33. The van der Waals surface area contributed by atoms with E-state index in [4.69, 9.17) is 5.73 Å². The Morgan fingerprint density at radius 2 is 1.91 bits per heavy atom. The van der Waals surface area contributed by atoms with Crippen LogP contribution in [0, 0.1) is 17.6 Å². The zero-order chi connectivity index (χ0) is 23.8. The van der Waals surface area contributed by atoms with Crippen molar-refractivity contribution in [3.63, 3.8) is 0 Å². The van der Waals surface area contributed by atoms with Crippen molar-refractivity contribution in [3.8, 4) is 0 Å². The number of hydrogen-bond acceptors (Lipinski definition) is 5. The highest BCUT2D eigenvalue weighted by atomic mass is 32.2. The minimum Gasteiger partial charge on any atom is -0.369 e. The molecule has 1 aromatic heterocycles. The maximum Gasteiger partial charge on any atom is 0.243 e. The summed E-state index contributed by atoms with van der Waals surface area (Å²) in [6, 6.07) is 7.48. The topological polar surface area (TPSA) is 115 Å². The lowest BCUT2D eigenvalue weighted by Gasteiger charge is -2.42. The van der Waals surface area contributed by atoms with Gasteiger partial charge in [-0.15, -0.1) is 0 Å². The van der Waals surface area contributed by atoms with Crippen molar-refractivity contribution in [2.45, 2.75) is 23.3 Å². The number of aromatic nitrogens is 2. The molecule has 4 rings (SSSR count). The van der Waals surface area contributed by atoms with Crippen molar-refractivity contribution in [2.75, 3.05) is 0 Å². The van der Waals surface area contributed by atoms with Gasteiger partial charge in [-0.3, -0.25) is 14.8 Å². The van der Waals surface area contributed by atoms with Crippen molar-refractivity contribution >= 4 is 27.0 Å². The van der Waals surface area contributed by atoms with Crippen LogP contribution >= 0.6 is 0 Å². The van der Waals surface area contributed by atoms with E-state index in [2.05, 4.69) is 14.7 Å². The van der Waals surface area contributed by atoms with Gasteiger partial charge < -0.3 is 5.73 Å². The van der Waals surface area contributed by atoms with Crippen molar-refractivity contribution < 1.29 is 22.0 Å². The van der Waals surface area contributed by atoms with Crippen LogP contribution in [0.25, 0.3) is 11.0 Å². The van der Waals surface area contributed by atoms with Crippen LogP contribution in [0.3, 0.4) is 0 Å². The Balaban J connectivity index is 1.89. The predicted molar refractivity (Wildman–Crippen MR) is 118 cm³/mol. The summed E-state index contributed by atoms with van der Waals surface area (Å²) in [5, 5.41) is 0. The molecule has 0 fully saturated rings. The lowest BCUT2D eigenvalue weighted by atomic mass is 9.70. The van der Waals surface area contributed by atoms with E-state index in [1.807, 2.05) is 0 Å². The van der Waals surface area contributed by atoms with E-state index in [1.165, 1.54) is 42.7 Å². The van der Waals surface area contributed by atoms with Crippen LogP contribution in [-0.2, 0) is 14.8 Å². The molecule has 1 aliphatic rings. The van der Waals surface area contributed by atoms with Crippen LogP contribution in [0.5, 0.6) is 0 Å². The predicted octanol–water partition coefficient (Wildman–Crippen LogP) is 2.96. The van der Waals surface area contributed by atoms with Gasteiger partial charge in [-0.25, -0.2) is 17.2 Å². The molecule has 0 saturated heterocycles. The van der Waals surface area contributed by atoms with Crippen LogP contribution in [0.1, 0.15) is 18.4 Å². The quantitative estimate of drug-likeness (QED) is 0.575. The van der Waals surface area contributed by atoms with Crippen LogP contribution in [-0.4, -0.2) is 29.8 Å². The third kappa shape index (κ3) is 4.03. The molecule has 1 amide bonds. The third-order valence-electron chi connectivity index (χ3n) is 5.82. The molecule has 0 bridgehead atoms. The van der Waals surface area contributed by atoms with Gasteiger partial charge in [-0.1, -0.05) is 43.4 Å². The van der Waals surface area contributed by atoms with Gasteiger partial charge in [0.25, 0.3) is 0 Å². The van der Waals surface area contributed by atoms with Gasteiger partial charge in [0.2, 0.25) is 15.9 Å². The summed E-state index contributed by atoms with van der Waals surface area (Å²) < 4.78 is 58.1. The second-order valence-corrected chi connectivity index (χ2v) is 9.38. The normalized spacial score (nSPS) is 21.2. The highest BCUT2D eigenvalue weighted by molar-refractivity contribution is 7.89. The molecular weight excluding hydrogens is 450 g/mol. The summed E-state index contributed by atoms with van der Waals surface area (Å²) in [5.74, 6) is -4.57. The summed E-state index contributed by atoms with van der Waals surface area (Å²) in [6.45, 7) is 1.54. The van der Waals surface area contributed by atoms with E-state index >= 15 is 0 Å². The number of primary amides is 1. The number of nitrogens with two attached hydrogens (primary N) is 1. The number of nitrogens with one attached hydrogen (secondary N) is 1. The van der Waals surface area contributed by atoms with E-state index in [9.17, 15) is 22.0 Å². The number of para-hydroxylation sites is 1. The van der Waals surface area contributed by atoms with Crippen LogP contribution in [0.4, 0.5) is 8.78 Å². The Bertz CT molecular complexity index is 1400. The second-order valence-electron chi connectivity index (χ2n) is 7.73. The molecule has 0 radical (unpaired) electrons. The average molecular weight is 471 g/mol. The fraction of sp³-hybridized carbons (Fsp3) is 0.174. The van der Waals surface area contributed by atoms with Gasteiger partial charge >= 0.3 is 0 Å². The number of hydrogen-bond donors (Lipinski definition) is 2. The highest BCUT2D eigenvalue weighted by Crippen LogP contribution is 2.40. The summed E-state index contributed by atoms with van der Waals surface area (Å²) in [4.78, 5) is 20.5. The Labute approximate surface area is 189 Å². The number of rotatable bonds is 6. The Hall–Kier alpha value is -3.50. The molecule has 0 aliphatic heterocycles. The van der Waals surface area contributed by atoms with Crippen molar-refractivity contribution in [1.29, 1.82) is 0 Å². The maximum absolute atomic E-state index is 14.7. The zero-order valence-electron chi connectivity index (χ0n) is 17.4. The van der Waals surface area contributed by atoms with Crippen LogP contribution in [0.2, 0.25) is 0 Å². The summed E-state index contributed by atoms with van der Waals surface area (Å²) >= 11 is 0. The van der Waals surface area contributed by atoms with E-state index in [-0.39, 0.29) is 16.0 Å². The number of fused-ring (bicyclic) bond motifs is 1. The second kappa shape index (κ2) is 8.45. The van der Waals surface area contributed by atoms with Gasteiger partial charge in [0.15, 0.2) is 0 Å². The minimum absolute atomic E-state index is 0.0167. The smallest absolute Gasteiger partial charge is 0.243 e. The van der Waals surface area contributed by atoms with Gasteiger partial charge in [-0.05, 0) is 23.8 Å². The Morgan fingerprint density at radius 3 is 2.64 bits per heavy atom. The first-order chi connectivity index (χ1) is 15.7. The van der Waals surface area contributed by atoms with E-state index in [1.54, 1.807) is 25.1 Å². The minimum atomic E-state index is -4.33. The molecular formula is C23H20F2N4O3S. The molecule has 1 heterocycles. The van der Waals surface area contributed by atoms with E-state index in [0.29, 0.717) is 11.6 Å². The number of amides is 1. The fourth-order valence-electron chi connectivity index (χ4n) is 4.16. The highest BCUT2D eigenvalue weighted by Gasteiger charge is 2.48. The molecule has 3 atom stereocenters. The van der Waals surface area contributed by atoms with Crippen LogP contribution < -0.4 is 10.5 Å². The standard InChI is InChI=1S/C23H20F2N4O3S/c1-14(16-9-8-15(24)13-18(16)25)23(10-3-2-5-17(23)22(26)30)29-33(31,32)20-7-4-6-19-21(20)28-12-11-27-19/h2-14,17,29H,1H3,(H2,26,30). The van der Waals surface area contributed by atoms with Gasteiger partial charge in [0.05, 0.1) is 17.0 Å². The molecule has 170 valence electrons. The molecule has 0 saturated carbocycles. The lowest BCUT2D eigenvalue weighted by Crippen LogP contribution is -2.59. The number of sulfonamides is 1. The number of carbonyl (C=O) groups is 1. The molecule has 0 spiro atoms. The fourth-order valence-corrected chi connectivity index (χ4v) is 5.78. The molecule has 33 heavy (non-hydrogen) atoms. The molecule has 7 nitrogen and oxygen atoms in total. The van der Waals surface area contributed by atoms with Gasteiger partial charge in [0.1, 0.15) is 22.0 Å². The first kappa shape index (κ1) is 22.7. The molecule has 2 aromatic carbocycles. The van der Waals surface area contributed by atoms with E-state index < -0.39 is 44.9 Å². The molecule has 3 unspecified atom stereocenters. The molecule has 3 N–H and O–H groups in total. The average Bonchev–Trinajstić information content (AvgIpc) is 2.78. The Kier molecular flexibility index (Phi) is 5.81. The first-order valence-corrected chi connectivity index (χ1v) is 11.5. The van der Waals surface area contributed by atoms with Gasteiger partial charge in [0, 0.05) is 24.4 Å². The third-order valence-corrected chi connectivity index (χ3v) is 7.35.